The van der Waals surface area contributed by atoms with E-state index in [1.54, 1.807) is 0 Å². The Morgan fingerprint density at radius 2 is 1.93 bits per heavy atom. The van der Waals surface area contributed by atoms with Crippen molar-refractivity contribution in [3.63, 3.8) is 0 Å². The van der Waals surface area contributed by atoms with Gasteiger partial charge in [-0.05, 0) is 18.1 Å². The van der Waals surface area contributed by atoms with Gasteiger partial charge in [-0.25, -0.2) is 0 Å². The van der Waals surface area contributed by atoms with Crippen molar-refractivity contribution in [3.8, 4) is 0 Å². The van der Waals surface area contributed by atoms with Crippen LogP contribution in [-0.2, 0) is 0 Å². The molecule has 0 heterocycles. The van der Waals surface area contributed by atoms with Gasteiger partial charge in [-0.1, -0.05) is 49.8 Å². The van der Waals surface area contributed by atoms with E-state index in [0.29, 0.717) is 5.92 Å². The van der Waals surface area contributed by atoms with Gasteiger partial charge in [0, 0.05) is 17.1 Å². The molecule has 0 spiro atoms. The molecule has 0 aromatic heterocycles. The van der Waals surface area contributed by atoms with E-state index in [1.165, 1.54) is 0 Å². The number of thiocarbonyl (C=S) groups is 1. The summed E-state index contributed by atoms with van der Waals surface area (Å²) in [4.78, 5) is 0.787. The molecule has 0 atom stereocenters. The standard InChI is InChI=1S/C11H14ClNS/c1-8(2)7-13-11(14)9-3-5-10(12)6-4-9/h3-6,8H,7H2,1-2H3,(H,13,14). The first-order chi connectivity index (χ1) is 6.59. The summed E-state index contributed by atoms with van der Waals surface area (Å²) >= 11 is 11.0. The van der Waals surface area contributed by atoms with Crippen molar-refractivity contribution in [1.82, 2.24) is 5.32 Å². The van der Waals surface area contributed by atoms with Crippen molar-refractivity contribution >= 4 is 28.8 Å². The molecule has 1 aromatic rings. The van der Waals surface area contributed by atoms with Gasteiger partial charge in [0.2, 0.25) is 0 Å². The van der Waals surface area contributed by atoms with E-state index in [4.69, 9.17) is 23.8 Å². The minimum atomic E-state index is 0.597. The molecule has 0 unspecified atom stereocenters. The van der Waals surface area contributed by atoms with Gasteiger partial charge in [0.15, 0.2) is 0 Å². The zero-order valence-electron chi connectivity index (χ0n) is 8.38. The van der Waals surface area contributed by atoms with Crippen LogP contribution in [0.3, 0.4) is 0 Å². The van der Waals surface area contributed by atoms with Gasteiger partial charge < -0.3 is 5.32 Å². The number of hydrogen-bond acceptors (Lipinski definition) is 1. The largest absolute Gasteiger partial charge is 0.376 e. The molecule has 0 bridgehead atoms. The Hall–Kier alpha value is -0.600. The molecule has 0 aliphatic rings. The molecular formula is C11H14ClNS. The van der Waals surface area contributed by atoms with Gasteiger partial charge in [0.05, 0.1) is 0 Å². The summed E-state index contributed by atoms with van der Waals surface area (Å²) in [6.07, 6.45) is 0. The third-order valence-corrected chi connectivity index (χ3v) is 2.41. The summed E-state index contributed by atoms with van der Waals surface area (Å²) in [5, 5.41) is 3.94. The van der Waals surface area contributed by atoms with Crippen LogP contribution in [-0.4, -0.2) is 11.5 Å². The molecule has 1 rings (SSSR count). The van der Waals surface area contributed by atoms with Crippen molar-refractivity contribution in [2.45, 2.75) is 13.8 Å². The third kappa shape index (κ3) is 3.64. The monoisotopic (exact) mass is 227 g/mol. The Kier molecular flexibility index (Phi) is 4.36. The maximum Gasteiger partial charge on any atom is 0.106 e. The van der Waals surface area contributed by atoms with E-state index >= 15 is 0 Å². The Morgan fingerprint density at radius 3 is 2.43 bits per heavy atom. The Bertz CT molecular complexity index is 306. The van der Waals surface area contributed by atoms with Crippen LogP contribution in [0.25, 0.3) is 0 Å². The fourth-order valence-corrected chi connectivity index (χ4v) is 1.35. The van der Waals surface area contributed by atoms with Gasteiger partial charge in [-0.2, -0.15) is 0 Å². The molecule has 0 saturated heterocycles. The van der Waals surface area contributed by atoms with Gasteiger partial charge in [0.25, 0.3) is 0 Å². The number of benzene rings is 1. The van der Waals surface area contributed by atoms with E-state index < -0.39 is 0 Å². The average molecular weight is 228 g/mol. The number of hydrogen-bond donors (Lipinski definition) is 1. The lowest BCUT2D eigenvalue weighted by molar-refractivity contribution is 0.628. The average Bonchev–Trinajstić information content (AvgIpc) is 2.15. The lowest BCUT2D eigenvalue weighted by Crippen LogP contribution is -2.26. The molecule has 0 saturated carbocycles. The molecular weight excluding hydrogens is 214 g/mol. The Labute approximate surface area is 95.5 Å². The van der Waals surface area contributed by atoms with Crippen molar-refractivity contribution < 1.29 is 0 Å². The van der Waals surface area contributed by atoms with Crippen LogP contribution in [0.2, 0.25) is 5.02 Å². The minimum absolute atomic E-state index is 0.597. The van der Waals surface area contributed by atoms with Crippen LogP contribution in [0.5, 0.6) is 0 Å². The van der Waals surface area contributed by atoms with Crippen LogP contribution in [0.15, 0.2) is 24.3 Å². The van der Waals surface area contributed by atoms with E-state index in [-0.39, 0.29) is 0 Å². The van der Waals surface area contributed by atoms with E-state index in [0.717, 1.165) is 22.1 Å². The first-order valence-corrected chi connectivity index (χ1v) is 5.42. The van der Waals surface area contributed by atoms with Crippen LogP contribution in [0, 0.1) is 5.92 Å². The molecule has 1 aromatic carbocycles. The number of halogens is 1. The summed E-state index contributed by atoms with van der Waals surface area (Å²) in [5.74, 6) is 0.597. The van der Waals surface area contributed by atoms with Gasteiger partial charge >= 0.3 is 0 Å². The lowest BCUT2D eigenvalue weighted by Gasteiger charge is -2.09. The molecule has 0 radical (unpaired) electrons. The van der Waals surface area contributed by atoms with Crippen LogP contribution < -0.4 is 5.32 Å². The minimum Gasteiger partial charge on any atom is -0.376 e. The highest BCUT2D eigenvalue weighted by Gasteiger charge is 2.00. The van der Waals surface area contributed by atoms with Crippen molar-refractivity contribution in [3.05, 3.63) is 34.9 Å². The predicted molar refractivity (Wildman–Crippen MR) is 66.0 cm³/mol. The topological polar surface area (TPSA) is 12.0 Å². The number of rotatable bonds is 3. The van der Waals surface area contributed by atoms with E-state index in [2.05, 4.69) is 19.2 Å². The highest BCUT2D eigenvalue weighted by atomic mass is 35.5. The molecule has 3 heteroatoms. The Morgan fingerprint density at radius 1 is 1.36 bits per heavy atom. The van der Waals surface area contributed by atoms with Crippen LogP contribution in [0.4, 0.5) is 0 Å². The summed E-state index contributed by atoms with van der Waals surface area (Å²) < 4.78 is 0. The molecule has 0 amide bonds. The second-order valence-corrected chi connectivity index (χ2v) is 4.46. The summed E-state index contributed by atoms with van der Waals surface area (Å²) in [6.45, 7) is 5.20. The van der Waals surface area contributed by atoms with E-state index in [9.17, 15) is 0 Å². The van der Waals surface area contributed by atoms with Crippen molar-refractivity contribution in [2.24, 2.45) is 5.92 Å². The molecule has 0 fully saturated rings. The maximum absolute atomic E-state index is 5.78. The molecule has 0 aliphatic heterocycles. The Balaban J connectivity index is 2.57. The van der Waals surface area contributed by atoms with Gasteiger partial charge in [-0.15, -0.1) is 0 Å². The van der Waals surface area contributed by atoms with Gasteiger partial charge in [0.1, 0.15) is 4.99 Å². The van der Waals surface area contributed by atoms with Crippen molar-refractivity contribution in [2.75, 3.05) is 6.54 Å². The zero-order chi connectivity index (χ0) is 10.6. The van der Waals surface area contributed by atoms with Gasteiger partial charge in [-0.3, -0.25) is 0 Å². The summed E-state index contributed by atoms with van der Waals surface area (Å²) in [6, 6.07) is 7.55. The van der Waals surface area contributed by atoms with Crippen LogP contribution >= 0.6 is 23.8 Å². The molecule has 1 N–H and O–H groups in total. The smallest absolute Gasteiger partial charge is 0.106 e. The summed E-state index contributed by atoms with van der Waals surface area (Å²) in [5.41, 5.74) is 1.02. The fourth-order valence-electron chi connectivity index (χ4n) is 1.00. The molecule has 76 valence electrons. The first kappa shape index (κ1) is 11.5. The highest BCUT2D eigenvalue weighted by molar-refractivity contribution is 7.80. The zero-order valence-corrected chi connectivity index (χ0v) is 9.95. The maximum atomic E-state index is 5.78. The third-order valence-electron chi connectivity index (χ3n) is 1.78. The lowest BCUT2D eigenvalue weighted by atomic mass is 10.2. The highest BCUT2D eigenvalue weighted by Crippen LogP contribution is 2.09. The van der Waals surface area contributed by atoms with Crippen LogP contribution in [0.1, 0.15) is 19.4 Å². The second-order valence-electron chi connectivity index (χ2n) is 3.61. The quantitative estimate of drug-likeness (QED) is 0.796. The second kappa shape index (κ2) is 5.32. The first-order valence-electron chi connectivity index (χ1n) is 4.63. The van der Waals surface area contributed by atoms with E-state index in [1.807, 2.05) is 24.3 Å². The predicted octanol–water partition coefficient (Wildman–Crippen LogP) is 3.26. The van der Waals surface area contributed by atoms with Crippen molar-refractivity contribution in [1.29, 1.82) is 0 Å². The molecule has 14 heavy (non-hydrogen) atoms. The molecule has 0 aliphatic carbocycles. The normalized spacial score (nSPS) is 10.3. The number of nitrogens with one attached hydrogen (secondary N) is 1. The molecule has 1 nitrogen and oxygen atoms in total. The summed E-state index contributed by atoms with van der Waals surface area (Å²) in [7, 11) is 0. The SMILES string of the molecule is CC(C)CNC(=S)c1ccc(Cl)cc1. The fraction of sp³-hybridized carbons (Fsp3) is 0.364.